The van der Waals surface area contributed by atoms with Crippen LogP contribution in [0.25, 0.3) is 0 Å². The van der Waals surface area contributed by atoms with Gasteiger partial charge in [0.1, 0.15) is 5.75 Å². The number of carbonyl (C=O) groups is 1. The predicted molar refractivity (Wildman–Crippen MR) is 103 cm³/mol. The zero-order valence-corrected chi connectivity index (χ0v) is 16.0. The lowest BCUT2D eigenvalue weighted by molar-refractivity contribution is -0.121. The van der Waals surface area contributed by atoms with Crippen LogP contribution in [0.3, 0.4) is 0 Å². The van der Waals surface area contributed by atoms with Crippen molar-refractivity contribution in [1.82, 2.24) is 5.43 Å². The molecule has 0 saturated heterocycles. The van der Waals surface area contributed by atoms with E-state index in [1.807, 2.05) is 30.3 Å². The van der Waals surface area contributed by atoms with Gasteiger partial charge in [-0.3, -0.25) is 4.79 Å². The maximum atomic E-state index is 11.7. The van der Waals surface area contributed by atoms with Crippen LogP contribution >= 0.6 is 31.9 Å². The Bertz CT molecular complexity index is 721. The number of nitrogens with one attached hydrogen (secondary N) is 2. The Kier molecular flexibility index (Phi) is 7.27. The highest BCUT2D eigenvalue weighted by Crippen LogP contribution is 2.30. The van der Waals surface area contributed by atoms with Crippen LogP contribution in [0.1, 0.15) is 18.4 Å². The van der Waals surface area contributed by atoms with Crippen LogP contribution in [0.4, 0.5) is 5.69 Å². The van der Waals surface area contributed by atoms with E-state index in [-0.39, 0.29) is 11.7 Å². The average Bonchev–Trinajstić information content (AvgIpc) is 2.57. The molecule has 2 aromatic carbocycles. The molecule has 0 aliphatic rings. The maximum absolute atomic E-state index is 11.7. The highest BCUT2D eigenvalue weighted by atomic mass is 79.9. The molecule has 2 aromatic rings. The van der Waals surface area contributed by atoms with Crippen molar-refractivity contribution in [3.63, 3.8) is 0 Å². The first-order valence-electron chi connectivity index (χ1n) is 7.35. The summed E-state index contributed by atoms with van der Waals surface area (Å²) in [4.78, 5) is 11.7. The maximum Gasteiger partial charge on any atom is 0.240 e. The number of nitrogens with zero attached hydrogens (tertiary/aromatic N) is 1. The van der Waals surface area contributed by atoms with E-state index in [1.165, 1.54) is 6.21 Å². The second-order valence-electron chi connectivity index (χ2n) is 5.01. The van der Waals surface area contributed by atoms with Crippen LogP contribution in [0.5, 0.6) is 5.75 Å². The van der Waals surface area contributed by atoms with Crippen molar-refractivity contribution in [2.75, 3.05) is 11.9 Å². The number of amides is 1. The molecule has 7 heteroatoms. The van der Waals surface area contributed by atoms with Gasteiger partial charge in [-0.15, -0.1) is 0 Å². The summed E-state index contributed by atoms with van der Waals surface area (Å²) >= 11 is 6.58. The Labute approximate surface area is 157 Å². The molecule has 126 valence electrons. The molecule has 2 rings (SSSR count). The van der Waals surface area contributed by atoms with Gasteiger partial charge >= 0.3 is 0 Å². The number of halogens is 2. The van der Waals surface area contributed by atoms with Crippen molar-refractivity contribution >= 4 is 49.7 Å². The summed E-state index contributed by atoms with van der Waals surface area (Å²) in [5, 5.41) is 17.0. The van der Waals surface area contributed by atoms with Gasteiger partial charge in [0.05, 0.1) is 10.7 Å². The fourth-order valence-electron chi connectivity index (χ4n) is 1.95. The molecule has 0 aliphatic carbocycles. The number of aromatic hydroxyl groups is 1. The molecule has 1 amide bonds. The van der Waals surface area contributed by atoms with E-state index in [0.29, 0.717) is 29.4 Å². The van der Waals surface area contributed by atoms with E-state index in [4.69, 9.17) is 0 Å². The van der Waals surface area contributed by atoms with Crippen LogP contribution in [0.2, 0.25) is 0 Å². The lowest BCUT2D eigenvalue weighted by atomic mass is 10.2. The third-order valence-corrected chi connectivity index (χ3v) is 4.20. The van der Waals surface area contributed by atoms with Crippen molar-refractivity contribution in [1.29, 1.82) is 0 Å². The highest BCUT2D eigenvalue weighted by Gasteiger charge is 2.05. The molecule has 5 nitrogen and oxygen atoms in total. The smallest absolute Gasteiger partial charge is 0.240 e. The number of benzene rings is 2. The third kappa shape index (κ3) is 5.98. The first-order valence-corrected chi connectivity index (χ1v) is 8.93. The summed E-state index contributed by atoms with van der Waals surface area (Å²) in [5.74, 6) is -0.0991. The van der Waals surface area contributed by atoms with Crippen LogP contribution in [-0.4, -0.2) is 23.8 Å². The third-order valence-electron chi connectivity index (χ3n) is 3.13. The minimum Gasteiger partial charge on any atom is -0.506 e. The molecule has 0 aliphatic heterocycles. The summed E-state index contributed by atoms with van der Waals surface area (Å²) in [5.41, 5.74) is 3.99. The van der Waals surface area contributed by atoms with E-state index >= 15 is 0 Å². The molecule has 0 saturated carbocycles. The number of carbonyl (C=O) groups excluding carboxylic acids is 1. The SMILES string of the molecule is O=C(CCCNc1ccccc1)NN=Cc1cc(Br)cc(Br)c1O. The predicted octanol–water partition coefficient (Wildman–Crippen LogP) is 4.26. The van der Waals surface area contributed by atoms with E-state index in [9.17, 15) is 9.90 Å². The average molecular weight is 455 g/mol. The second-order valence-corrected chi connectivity index (χ2v) is 6.78. The van der Waals surface area contributed by atoms with Crippen LogP contribution < -0.4 is 10.7 Å². The van der Waals surface area contributed by atoms with Crippen LogP contribution in [0.15, 0.2) is 56.5 Å². The molecule has 24 heavy (non-hydrogen) atoms. The Morgan fingerprint density at radius 1 is 1.21 bits per heavy atom. The molecule has 0 fully saturated rings. The number of hydrogen-bond acceptors (Lipinski definition) is 4. The van der Waals surface area contributed by atoms with Gasteiger partial charge in [-0.25, -0.2) is 5.43 Å². The largest absolute Gasteiger partial charge is 0.506 e. The van der Waals surface area contributed by atoms with Gasteiger partial charge in [0.15, 0.2) is 0 Å². The van der Waals surface area contributed by atoms with Crippen LogP contribution in [0, 0.1) is 0 Å². The zero-order chi connectivity index (χ0) is 17.4. The Morgan fingerprint density at radius 2 is 1.96 bits per heavy atom. The molecule has 3 N–H and O–H groups in total. The summed E-state index contributed by atoms with van der Waals surface area (Å²) < 4.78 is 1.35. The van der Waals surface area contributed by atoms with Crippen molar-refractivity contribution < 1.29 is 9.90 Å². The fraction of sp³-hybridized carbons (Fsp3) is 0.176. The molecular weight excluding hydrogens is 438 g/mol. The quantitative estimate of drug-likeness (QED) is 0.332. The number of rotatable bonds is 7. The van der Waals surface area contributed by atoms with Gasteiger partial charge in [0.2, 0.25) is 5.91 Å². The number of hydrazone groups is 1. The monoisotopic (exact) mass is 453 g/mol. The number of hydrogen-bond donors (Lipinski definition) is 3. The highest BCUT2D eigenvalue weighted by molar-refractivity contribution is 9.11. The van der Waals surface area contributed by atoms with E-state index in [1.54, 1.807) is 12.1 Å². The molecule has 0 bridgehead atoms. The Morgan fingerprint density at radius 3 is 2.71 bits per heavy atom. The summed E-state index contributed by atoms with van der Waals surface area (Å²) in [7, 11) is 0. The van der Waals surface area contributed by atoms with Gasteiger partial charge in [0, 0.05) is 28.7 Å². The molecule has 0 unspecified atom stereocenters. The second kappa shape index (κ2) is 9.44. The molecule has 0 atom stereocenters. The van der Waals surface area contributed by atoms with Crippen molar-refractivity contribution in [3.05, 3.63) is 57.0 Å². The van der Waals surface area contributed by atoms with Gasteiger partial charge in [-0.2, -0.15) is 5.10 Å². The normalized spacial score (nSPS) is 10.8. The van der Waals surface area contributed by atoms with Crippen molar-refractivity contribution in [3.8, 4) is 5.75 Å². The molecule has 0 heterocycles. The Balaban J connectivity index is 1.73. The minimum atomic E-state index is -0.172. The standard InChI is InChI=1S/C17H17Br2N3O2/c18-13-9-12(17(24)15(19)10-13)11-21-22-16(23)7-4-8-20-14-5-2-1-3-6-14/h1-3,5-6,9-11,20,24H,4,7-8H2,(H,22,23). The fourth-order valence-corrected chi connectivity index (χ4v) is 3.21. The summed E-state index contributed by atoms with van der Waals surface area (Å²) in [6, 6.07) is 13.3. The van der Waals surface area contributed by atoms with Crippen LogP contribution in [-0.2, 0) is 4.79 Å². The first kappa shape index (κ1) is 18.5. The first-order chi connectivity index (χ1) is 11.6. The summed E-state index contributed by atoms with van der Waals surface area (Å²) in [6.07, 6.45) is 2.47. The zero-order valence-electron chi connectivity index (χ0n) is 12.8. The van der Waals surface area contributed by atoms with E-state index in [0.717, 1.165) is 10.2 Å². The number of phenolic OH excluding ortho intramolecular Hbond substituents is 1. The number of anilines is 1. The van der Waals surface area contributed by atoms with Gasteiger partial charge in [0.25, 0.3) is 0 Å². The van der Waals surface area contributed by atoms with Gasteiger partial charge < -0.3 is 10.4 Å². The number of para-hydroxylation sites is 1. The van der Waals surface area contributed by atoms with E-state index < -0.39 is 0 Å². The van der Waals surface area contributed by atoms with Gasteiger partial charge in [-0.1, -0.05) is 34.1 Å². The number of phenols is 1. The lowest BCUT2D eigenvalue weighted by Crippen LogP contribution is -2.18. The summed E-state index contributed by atoms with van der Waals surface area (Å²) in [6.45, 7) is 0.709. The molecule has 0 spiro atoms. The lowest BCUT2D eigenvalue weighted by Gasteiger charge is -2.05. The van der Waals surface area contributed by atoms with Crippen molar-refractivity contribution in [2.24, 2.45) is 5.10 Å². The molecular formula is C17H17Br2N3O2. The topological polar surface area (TPSA) is 73.7 Å². The molecule has 0 aromatic heterocycles. The van der Waals surface area contributed by atoms with E-state index in [2.05, 4.69) is 47.7 Å². The minimum absolute atomic E-state index is 0.0725. The van der Waals surface area contributed by atoms with Crippen molar-refractivity contribution in [2.45, 2.75) is 12.8 Å². The van der Waals surface area contributed by atoms with Gasteiger partial charge in [-0.05, 0) is 46.6 Å². The molecule has 0 radical (unpaired) electrons. The Hall–Kier alpha value is -1.86.